The Kier molecular flexibility index (Phi) is 8.82. The van der Waals surface area contributed by atoms with E-state index < -0.39 is 42.8 Å². The molecular formula is C31H38FN3O8S2. The van der Waals surface area contributed by atoms with Crippen LogP contribution in [-0.2, 0) is 31.1 Å². The van der Waals surface area contributed by atoms with Gasteiger partial charge in [0.2, 0.25) is 15.5 Å². The molecule has 2 aliphatic heterocycles. The van der Waals surface area contributed by atoms with E-state index in [2.05, 4.69) is 5.32 Å². The second-order valence-electron chi connectivity index (χ2n) is 12.1. The third-order valence-corrected chi connectivity index (χ3v) is 13.2. The number of aliphatic hydroxyl groups excluding tert-OH is 1. The number of aliphatic hydroxyl groups is 1. The van der Waals surface area contributed by atoms with Gasteiger partial charge >= 0.3 is 0 Å². The van der Waals surface area contributed by atoms with Gasteiger partial charge in [-0.05, 0) is 69.4 Å². The summed E-state index contributed by atoms with van der Waals surface area (Å²) < 4.78 is 81.3. The van der Waals surface area contributed by atoms with Crippen molar-refractivity contribution in [1.29, 1.82) is 0 Å². The van der Waals surface area contributed by atoms with Gasteiger partial charge in [0, 0.05) is 38.4 Å². The summed E-state index contributed by atoms with van der Waals surface area (Å²) in [6.45, 7) is 3.02. The van der Waals surface area contributed by atoms with Crippen molar-refractivity contribution in [2.24, 2.45) is 0 Å². The third kappa shape index (κ3) is 6.41. The summed E-state index contributed by atoms with van der Waals surface area (Å²) in [5.41, 5.74) is -1.14. The SMILES string of the molecule is CCn1cc(S(=O)(=O)N2CCC3(CC2)C[C@@H](NC[C@H](O)COc2cccc(S(=O)(=O)C4CC4)c2)CO3)c(=O)c2cccc(F)c21. The van der Waals surface area contributed by atoms with E-state index in [-0.39, 0.29) is 58.2 Å². The van der Waals surface area contributed by atoms with Gasteiger partial charge in [0.25, 0.3) is 0 Å². The van der Waals surface area contributed by atoms with Gasteiger partial charge in [-0.3, -0.25) is 4.79 Å². The molecule has 0 unspecified atom stereocenters. The number of halogens is 1. The Morgan fingerprint density at radius 3 is 2.58 bits per heavy atom. The molecule has 45 heavy (non-hydrogen) atoms. The van der Waals surface area contributed by atoms with E-state index in [0.717, 1.165) is 0 Å². The Bertz CT molecular complexity index is 1850. The standard InChI is InChI=1S/C31H38FN3O8S2/c1-2-34-18-28(30(37)26-7-4-8-27(32)29(26)34)45(40,41)35-13-11-31(12-14-35)16-21(19-43-31)33-17-22(36)20-42-23-5-3-6-25(15-23)44(38,39)24-9-10-24/h3-8,15,18,21-22,24,33,36H,2,9-14,16-17,19-20H2,1H3/t21-,22+/m1/s1. The van der Waals surface area contributed by atoms with Gasteiger partial charge in [-0.1, -0.05) is 12.1 Å². The highest BCUT2D eigenvalue weighted by Crippen LogP contribution is 2.37. The summed E-state index contributed by atoms with van der Waals surface area (Å²) in [6, 6.07) is 10.4. The van der Waals surface area contributed by atoms with Gasteiger partial charge in [-0.2, -0.15) is 4.31 Å². The number of sulfonamides is 1. The molecule has 3 heterocycles. The zero-order chi connectivity index (χ0) is 32.0. The molecule has 1 aliphatic carbocycles. The molecule has 244 valence electrons. The van der Waals surface area contributed by atoms with Crippen LogP contribution in [0, 0.1) is 5.82 Å². The first-order valence-electron chi connectivity index (χ1n) is 15.3. The van der Waals surface area contributed by atoms with Gasteiger partial charge in [0.15, 0.2) is 9.84 Å². The van der Waals surface area contributed by atoms with E-state index in [1.54, 1.807) is 25.1 Å². The van der Waals surface area contributed by atoms with Crippen molar-refractivity contribution in [2.45, 2.75) is 78.4 Å². The minimum atomic E-state index is -4.13. The minimum Gasteiger partial charge on any atom is -0.491 e. The van der Waals surface area contributed by atoms with Gasteiger partial charge < -0.3 is 24.5 Å². The minimum absolute atomic E-state index is 0.0212. The topological polar surface area (TPSA) is 144 Å². The fraction of sp³-hybridized carbons (Fsp3) is 0.516. The van der Waals surface area contributed by atoms with E-state index in [9.17, 15) is 31.1 Å². The Labute approximate surface area is 261 Å². The lowest BCUT2D eigenvalue weighted by Gasteiger charge is -2.38. The van der Waals surface area contributed by atoms with Crippen LogP contribution in [0.2, 0.25) is 0 Å². The zero-order valence-corrected chi connectivity index (χ0v) is 26.7. The molecule has 3 fully saturated rings. The highest BCUT2D eigenvalue weighted by molar-refractivity contribution is 7.92. The largest absolute Gasteiger partial charge is 0.491 e. The van der Waals surface area contributed by atoms with Crippen LogP contribution in [0.15, 0.2) is 63.2 Å². The van der Waals surface area contributed by atoms with Crippen molar-refractivity contribution in [3.8, 4) is 5.75 Å². The molecule has 14 heteroatoms. The Hall–Kier alpha value is -2.88. The number of ether oxygens (including phenoxy) is 2. The summed E-state index contributed by atoms with van der Waals surface area (Å²) in [7, 11) is -7.46. The average molecular weight is 664 g/mol. The van der Waals surface area contributed by atoms with Crippen LogP contribution in [0.4, 0.5) is 4.39 Å². The van der Waals surface area contributed by atoms with Crippen molar-refractivity contribution >= 4 is 30.8 Å². The lowest BCUT2D eigenvalue weighted by Crippen LogP contribution is -2.47. The summed E-state index contributed by atoms with van der Waals surface area (Å²) in [5, 5.41) is 13.5. The maximum atomic E-state index is 14.5. The molecule has 2 atom stereocenters. The molecule has 2 saturated heterocycles. The van der Waals surface area contributed by atoms with Crippen molar-refractivity contribution in [1.82, 2.24) is 14.2 Å². The number of sulfone groups is 1. The van der Waals surface area contributed by atoms with Crippen LogP contribution in [-0.4, -0.2) is 86.7 Å². The number of para-hydroxylation sites is 1. The lowest BCUT2D eigenvalue weighted by atomic mass is 9.88. The van der Waals surface area contributed by atoms with Crippen LogP contribution < -0.4 is 15.5 Å². The number of aryl methyl sites for hydroxylation is 1. The number of hydrogen-bond acceptors (Lipinski definition) is 9. The van der Waals surface area contributed by atoms with Gasteiger partial charge in [-0.25, -0.2) is 21.2 Å². The highest BCUT2D eigenvalue weighted by atomic mass is 32.2. The summed E-state index contributed by atoms with van der Waals surface area (Å²) in [6.07, 6.45) is 3.27. The molecule has 0 radical (unpaired) electrons. The second-order valence-corrected chi connectivity index (χ2v) is 16.3. The monoisotopic (exact) mass is 663 g/mol. The van der Waals surface area contributed by atoms with E-state index in [0.29, 0.717) is 51.0 Å². The maximum Gasteiger partial charge on any atom is 0.248 e. The molecule has 0 bridgehead atoms. The van der Waals surface area contributed by atoms with E-state index in [1.807, 2.05) is 0 Å². The zero-order valence-electron chi connectivity index (χ0n) is 25.0. The molecule has 0 amide bonds. The predicted octanol–water partition coefficient (Wildman–Crippen LogP) is 2.44. The van der Waals surface area contributed by atoms with Crippen LogP contribution >= 0.6 is 0 Å². The number of hydrogen-bond donors (Lipinski definition) is 2. The molecule has 1 saturated carbocycles. The van der Waals surface area contributed by atoms with Gasteiger partial charge in [0.05, 0.1) is 33.3 Å². The van der Waals surface area contributed by atoms with Crippen molar-refractivity contribution in [2.75, 3.05) is 32.8 Å². The van der Waals surface area contributed by atoms with Crippen molar-refractivity contribution < 1.29 is 35.8 Å². The molecular weight excluding hydrogens is 625 g/mol. The summed E-state index contributed by atoms with van der Waals surface area (Å²) in [5.74, 6) is -0.200. The molecule has 3 aromatic rings. The summed E-state index contributed by atoms with van der Waals surface area (Å²) in [4.78, 5) is 13.1. The molecule has 2 N–H and O–H groups in total. The second kappa shape index (κ2) is 12.4. The maximum absolute atomic E-state index is 14.5. The number of aromatic nitrogens is 1. The molecule has 11 nitrogen and oxygen atoms in total. The number of rotatable bonds is 11. The molecule has 6 rings (SSSR count). The highest BCUT2D eigenvalue weighted by Gasteiger charge is 2.45. The first-order valence-corrected chi connectivity index (χ1v) is 18.3. The van der Waals surface area contributed by atoms with Crippen molar-refractivity contribution in [3.63, 3.8) is 0 Å². The fourth-order valence-electron chi connectivity index (χ4n) is 6.28. The normalized spacial score (nSPS) is 21.4. The number of nitrogens with one attached hydrogen (secondary N) is 1. The molecule has 1 spiro atoms. The number of nitrogens with zero attached hydrogens (tertiary/aromatic N) is 2. The van der Waals surface area contributed by atoms with E-state index >= 15 is 0 Å². The first kappa shape index (κ1) is 32.1. The van der Waals surface area contributed by atoms with Crippen LogP contribution in [0.25, 0.3) is 10.9 Å². The van der Waals surface area contributed by atoms with Crippen LogP contribution in [0.5, 0.6) is 5.75 Å². The average Bonchev–Trinajstić information content (AvgIpc) is 3.83. The number of piperidine rings is 1. The molecule has 2 aromatic carbocycles. The fourth-order valence-corrected chi connectivity index (χ4v) is 9.52. The quantitative estimate of drug-likeness (QED) is 0.316. The van der Waals surface area contributed by atoms with Gasteiger partial charge in [0.1, 0.15) is 29.2 Å². The van der Waals surface area contributed by atoms with E-state index in [4.69, 9.17) is 9.47 Å². The number of pyridine rings is 1. The van der Waals surface area contributed by atoms with Crippen molar-refractivity contribution in [3.05, 3.63) is 64.7 Å². The van der Waals surface area contributed by atoms with Crippen LogP contribution in [0.1, 0.15) is 39.0 Å². The Morgan fingerprint density at radius 1 is 1.13 bits per heavy atom. The number of benzene rings is 2. The van der Waals surface area contributed by atoms with Crippen LogP contribution in [0.3, 0.4) is 0 Å². The third-order valence-electron chi connectivity index (χ3n) is 9.00. The molecule has 1 aromatic heterocycles. The smallest absolute Gasteiger partial charge is 0.248 e. The number of fused-ring (bicyclic) bond motifs is 1. The van der Waals surface area contributed by atoms with Gasteiger partial charge in [-0.15, -0.1) is 0 Å². The Balaban J connectivity index is 1.02. The lowest BCUT2D eigenvalue weighted by molar-refractivity contribution is -0.0312. The van der Waals surface area contributed by atoms with E-state index in [1.165, 1.54) is 39.3 Å². The summed E-state index contributed by atoms with van der Waals surface area (Å²) >= 11 is 0. The molecule has 3 aliphatic rings. The predicted molar refractivity (Wildman–Crippen MR) is 165 cm³/mol. The Morgan fingerprint density at radius 2 is 1.87 bits per heavy atom. The first-order chi connectivity index (χ1) is 21.4.